The molecule has 0 bridgehead atoms. The number of aliphatic hydroxyl groups excluding tert-OH is 1. The fourth-order valence-corrected chi connectivity index (χ4v) is 1.06. The van der Waals surface area contributed by atoms with Gasteiger partial charge < -0.3 is 10.8 Å². The topological polar surface area (TPSA) is 46.2 Å². The second kappa shape index (κ2) is 8.92. The average molecular weight is 145 g/mol. The summed E-state index contributed by atoms with van der Waals surface area (Å²) < 4.78 is 0. The molecule has 0 heterocycles. The van der Waals surface area contributed by atoms with E-state index in [9.17, 15) is 0 Å². The van der Waals surface area contributed by atoms with E-state index < -0.39 is 0 Å². The van der Waals surface area contributed by atoms with E-state index in [-0.39, 0.29) is 6.61 Å². The zero-order valence-corrected chi connectivity index (χ0v) is 6.68. The largest absolute Gasteiger partial charge is 0.395 e. The maximum absolute atomic E-state index is 7.75. The lowest BCUT2D eigenvalue weighted by atomic mass is 10.0. The van der Waals surface area contributed by atoms with Crippen LogP contribution in [0.5, 0.6) is 0 Å². The van der Waals surface area contributed by atoms with Crippen molar-refractivity contribution in [1.29, 1.82) is 0 Å². The first-order chi connectivity index (χ1) is 4.91. The van der Waals surface area contributed by atoms with Crippen molar-refractivity contribution in [3.05, 3.63) is 0 Å². The van der Waals surface area contributed by atoms with Gasteiger partial charge in [-0.1, -0.05) is 38.5 Å². The Kier molecular flexibility index (Phi) is 8.85. The molecule has 0 saturated heterocycles. The molecule has 10 heavy (non-hydrogen) atoms. The van der Waals surface area contributed by atoms with Gasteiger partial charge in [-0.25, -0.2) is 0 Å². The molecule has 0 unspecified atom stereocenters. The average Bonchev–Trinajstić information content (AvgIpc) is 2.08. The van der Waals surface area contributed by atoms with Gasteiger partial charge in [0.2, 0.25) is 0 Å². The Morgan fingerprint density at radius 3 is 1.20 bits per heavy atom. The molecule has 2 heteroatoms. The predicted octanol–water partition coefficient (Wildman–Crippen LogP) is 1.28. The molecule has 0 spiro atoms. The summed E-state index contributed by atoms with van der Waals surface area (Å²) in [5.41, 5.74) is 4.78. The van der Waals surface area contributed by atoms with Crippen LogP contribution in [0.4, 0.5) is 0 Å². The third-order valence-electron chi connectivity index (χ3n) is 1.63. The highest BCUT2D eigenvalue weighted by Crippen LogP contribution is 2.15. The number of hydrogen-bond acceptors (Lipinski definition) is 2. The molecule has 0 amide bonds. The van der Waals surface area contributed by atoms with Crippen LogP contribution in [0, 0.1) is 0 Å². The maximum atomic E-state index is 7.75. The number of hydrogen-bond donors (Lipinski definition) is 2. The van der Waals surface area contributed by atoms with Gasteiger partial charge in [-0.05, 0) is 0 Å². The molecule has 0 atom stereocenters. The summed E-state index contributed by atoms with van der Waals surface area (Å²) in [5, 5.41) is 7.75. The summed E-state index contributed by atoms with van der Waals surface area (Å²) in [6, 6.07) is 0. The zero-order chi connectivity index (χ0) is 7.66. The second-order valence-corrected chi connectivity index (χ2v) is 2.63. The lowest BCUT2D eigenvalue weighted by Crippen LogP contribution is -2.02. The molecular weight excluding hydrogens is 126 g/mol. The van der Waals surface area contributed by atoms with E-state index in [2.05, 4.69) is 0 Å². The zero-order valence-electron chi connectivity index (χ0n) is 6.68. The molecule has 1 aliphatic carbocycles. The highest BCUT2D eigenvalue weighted by Gasteiger charge is 1.95. The van der Waals surface area contributed by atoms with Crippen molar-refractivity contribution in [3.8, 4) is 0 Å². The van der Waals surface area contributed by atoms with Crippen molar-refractivity contribution in [3.63, 3.8) is 0 Å². The van der Waals surface area contributed by atoms with Crippen molar-refractivity contribution in [2.45, 2.75) is 38.5 Å². The maximum Gasteiger partial charge on any atom is 0.0553 e. The summed E-state index contributed by atoms with van der Waals surface area (Å²) >= 11 is 0. The lowest BCUT2D eigenvalue weighted by molar-refractivity contribution is 0.306. The summed E-state index contributed by atoms with van der Waals surface area (Å²) in [4.78, 5) is 0. The quantitative estimate of drug-likeness (QED) is 0.584. The molecule has 1 fully saturated rings. The molecule has 3 N–H and O–H groups in total. The highest BCUT2D eigenvalue weighted by molar-refractivity contribution is 4.51. The van der Waals surface area contributed by atoms with Crippen molar-refractivity contribution in [2.24, 2.45) is 5.73 Å². The molecule has 0 aromatic heterocycles. The van der Waals surface area contributed by atoms with Gasteiger partial charge in [-0.3, -0.25) is 0 Å². The van der Waals surface area contributed by atoms with Crippen LogP contribution in [0.15, 0.2) is 0 Å². The third-order valence-corrected chi connectivity index (χ3v) is 1.63. The molecule has 1 aliphatic rings. The van der Waals surface area contributed by atoms with Crippen LogP contribution < -0.4 is 5.73 Å². The van der Waals surface area contributed by atoms with E-state index in [1.807, 2.05) is 0 Å². The van der Waals surface area contributed by atoms with E-state index in [0.717, 1.165) is 0 Å². The SMILES string of the molecule is C1CCCCC1.NCCO. The highest BCUT2D eigenvalue weighted by atomic mass is 16.3. The van der Waals surface area contributed by atoms with Crippen LogP contribution in [0.3, 0.4) is 0 Å². The molecule has 1 saturated carbocycles. The second-order valence-electron chi connectivity index (χ2n) is 2.63. The standard InChI is InChI=1S/C6H12.C2H7NO/c1-2-4-6-5-3-1;3-1-2-4/h1-6H2;4H,1-3H2. The van der Waals surface area contributed by atoms with E-state index in [4.69, 9.17) is 10.8 Å². The minimum Gasteiger partial charge on any atom is -0.395 e. The monoisotopic (exact) mass is 145 g/mol. The molecule has 0 aromatic carbocycles. The van der Waals surface area contributed by atoms with Crippen molar-refractivity contribution >= 4 is 0 Å². The molecule has 0 aromatic rings. The Balaban J connectivity index is 0.000000180. The molecule has 0 aliphatic heterocycles. The van der Waals surface area contributed by atoms with Gasteiger partial charge in [0, 0.05) is 6.54 Å². The first-order valence-corrected chi connectivity index (χ1v) is 4.22. The van der Waals surface area contributed by atoms with Gasteiger partial charge in [0.1, 0.15) is 0 Å². The Bertz CT molecular complexity index is 39.7. The van der Waals surface area contributed by atoms with Crippen LogP contribution in [-0.4, -0.2) is 18.3 Å². The van der Waals surface area contributed by atoms with E-state index >= 15 is 0 Å². The van der Waals surface area contributed by atoms with Gasteiger partial charge in [0.15, 0.2) is 0 Å². The van der Waals surface area contributed by atoms with Crippen LogP contribution >= 0.6 is 0 Å². The van der Waals surface area contributed by atoms with Gasteiger partial charge in [0.25, 0.3) is 0 Å². The van der Waals surface area contributed by atoms with Crippen molar-refractivity contribution in [1.82, 2.24) is 0 Å². The summed E-state index contributed by atoms with van der Waals surface area (Å²) in [6.45, 7) is 0.472. The van der Waals surface area contributed by atoms with Crippen LogP contribution in [-0.2, 0) is 0 Å². The van der Waals surface area contributed by atoms with Crippen LogP contribution in [0.1, 0.15) is 38.5 Å². The Morgan fingerprint density at radius 2 is 1.10 bits per heavy atom. The van der Waals surface area contributed by atoms with Crippen molar-refractivity contribution in [2.75, 3.05) is 13.2 Å². The van der Waals surface area contributed by atoms with E-state index in [0.29, 0.717) is 6.54 Å². The minimum atomic E-state index is 0.0972. The van der Waals surface area contributed by atoms with Gasteiger partial charge >= 0.3 is 0 Å². The predicted molar refractivity (Wildman–Crippen MR) is 43.8 cm³/mol. The molecular formula is C8H19NO. The molecule has 1 rings (SSSR count). The van der Waals surface area contributed by atoms with E-state index in [1.54, 1.807) is 0 Å². The number of rotatable bonds is 1. The first kappa shape index (κ1) is 9.92. The summed E-state index contributed by atoms with van der Waals surface area (Å²) in [5.74, 6) is 0. The van der Waals surface area contributed by atoms with Crippen LogP contribution in [0.2, 0.25) is 0 Å². The molecule has 62 valence electrons. The Labute approximate surface area is 63.4 Å². The smallest absolute Gasteiger partial charge is 0.0553 e. The van der Waals surface area contributed by atoms with Gasteiger partial charge in [-0.15, -0.1) is 0 Å². The third kappa shape index (κ3) is 7.92. The first-order valence-electron chi connectivity index (χ1n) is 4.22. The van der Waals surface area contributed by atoms with Gasteiger partial charge in [-0.2, -0.15) is 0 Å². The van der Waals surface area contributed by atoms with Crippen LogP contribution in [0.25, 0.3) is 0 Å². The van der Waals surface area contributed by atoms with Crippen molar-refractivity contribution < 1.29 is 5.11 Å². The Hall–Kier alpha value is -0.0800. The number of aliphatic hydroxyl groups is 1. The normalized spacial score (nSPS) is 17.4. The number of nitrogens with two attached hydrogens (primary N) is 1. The fourth-order valence-electron chi connectivity index (χ4n) is 1.06. The lowest BCUT2D eigenvalue weighted by Gasteiger charge is -2.05. The van der Waals surface area contributed by atoms with E-state index in [1.165, 1.54) is 38.5 Å². The summed E-state index contributed by atoms with van der Waals surface area (Å²) in [7, 11) is 0. The van der Waals surface area contributed by atoms with Gasteiger partial charge in [0.05, 0.1) is 6.61 Å². The molecule has 0 radical (unpaired) electrons. The fraction of sp³-hybridized carbons (Fsp3) is 1.00. The summed E-state index contributed by atoms with van der Waals surface area (Å²) in [6.07, 6.45) is 9.00. The molecule has 2 nitrogen and oxygen atoms in total. The minimum absolute atomic E-state index is 0.0972. The Morgan fingerprint density at radius 1 is 0.900 bits per heavy atom.